The Balaban J connectivity index is 2.09. The molecule has 0 fully saturated rings. The molecule has 0 radical (unpaired) electrons. The second-order valence-electron chi connectivity index (χ2n) is 5.06. The highest BCUT2D eigenvalue weighted by Crippen LogP contribution is 2.25. The van der Waals surface area contributed by atoms with Gasteiger partial charge in [0.25, 0.3) is 0 Å². The summed E-state index contributed by atoms with van der Waals surface area (Å²) in [5.74, 6) is 0.513. The van der Waals surface area contributed by atoms with Crippen molar-refractivity contribution in [3.63, 3.8) is 0 Å². The van der Waals surface area contributed by atoms with Crippen LogP contribution in [0.1, 0.15) is 19.4 Å². The third-order valence-electron chi connectivity index (χ3n) is 3.34. The van der Waals surface area contributed by atoms with Crippen molar-refractivity contribution < 1.29 is 9.59 Å². The highest BCUT2D eigenvalue weighted by atomic mass is 32.2. The number of nitrogens with zero attached hydrogens (tertiary/aromatic N) is 3. The molecule has 3 amide bonds. The minimum atomic E-state index is -0.486. The van der Waals surface area contributed by atoms with Gasteiger partial charge in [0.15, 0.2) is 11.0 Å². The minimum Gasteiger partial charge on any atom is -0.338 e. The number of thioether (sulfide) groups is 1. The molecule has 1 aromatic heterocycles. The number of carbonyl (C=O) groups is 2. The highest BCUT2D eigenvalue weighted by molar-refractivity contribution is 7.99. The molecule has 2 N–H and O–H groups in total. The number of amides is 3. The smallest absolute Gasteiger partial charge is 0.321 e. The van der Waals surface area contributed by atoms with E-state index in [0.717, 1.165) is 17.0 Å². The van der Waals surface area contributed by atoms with Crippen molar-refractivity contribution in [2.24, 2.45) is 0 Å². The van der Waals surface area contributed by atoms with E-state index in [1.54, 1.807) is 6.92 Å². The van der Waals surface area contributed by atoms with Gasteiger partial charge in [-0.2, -0.15) is 0 Å². The molecule has 0 atom stereocenters. The zero-order valence-corrected chi connectivity index (χ0v) is 14.8. The normalized spacial score (nSPS) is 10.5. The Labute approximate surface area is 145 Å². The van der Waals surface area contributed by atoms with E-state index in [4.69, 9.17) is 0 Å². The summed E-state index contributed by atoms with van der Waals surface area (Å²) in [6, 6.07) is 7.48. The summed E-state index contributed by atoms with van der Waals surface area (Å²) in [5.41, 5.74) is 2.13. The number of carbonyl (C=O) groups excluding carboxylic acids is 2. The second kappa shape index (κ2) is 8.49. The fourth-order valence-corrected chi connectivity index (χ4v) is 3.00. The Morgan fingerprint density at radius 3 is 2.62 bits per heavy atom. The van der Waals surface area contributed by atoms with E-state index in [-0.39, 0.29) is 11.7 Å². The molecule has 0 bridgehead atoms. The fraction of sp³-hybridized carbons (Fsp3) is 0.375. The van der Waals surface area contributed by atoms with Crippen molar-refractivity contribution in [1.82, 2.24) is 25.4 Å². The molecule has 1 aromatic carbocycles. The van der Waals surface area contributed by atoms with Gasteiger partial charge in [0.05, 0.1) is 5.75 Å². The summed E-state index contributed by atoms with van der Waals surface area (Å²) in [6.45, 7) is 6.98. The molecule has 2 aromatic rings. The lowest BCUT2D eigenvalue weighted by Gasteiger charge is -2.09. The van der Waals surface area contributed by atoms with Crippen molar-refractivity contribution in [2.45, 2.75) is 32.5 Å². The van der Waals surface area contributed by atoms with Crippen LogP contribution in [0.2, 0.25) is 0 Å². The molecule has 0 aliphatic rings. The third-order valence-corrected chi connectivity index (χ3v) is 4.31. The first-order chi connectivity index (χ1) is 11.6. The molecular formula is C16H21N5O2S. The number of aromatic nitrogens is 3. The number of nitrogens with one attached hydrogen (secondary N) is 2. The van der Waals surface area contributed by atoms with Gasteiger partial charge in [0.2, 0.25) is 5.91 Å². The number of aryl methyl sites for hydroxylation is 1. The Morgan fingerprint density at radius 2 is 1.96 bits per heavy atom. The van der Waals surface area contributed by atoms with Crippen LogP contribution in [0.25, 0.3) is 11.4 Å². The van der Waals surface area contributed by atoms with E-state index in [0.29, 0.717) is 18.2 Å². The van der Waals surface area contributed by atoms with E-state index in [1.165, 1.54) is 11.8 Å². The van der Waals surface area contributed by atoms with Crippen LogP contribution in [-0.2, 0) is 11.3 Å². The zero-order valence-electron chi connectivity index (χ0n) is 14.0. The Hall–Kier alpha value is -2.35. The van der Waals surface area contributed by atoms with E-state index in [1.807, 2.05) is 42.7 Å². The first-order valence-corrected chi connectivity index (χ1v) is 8.75. The number of benzene rings is 1. The highest BCUT2D eigenvalue weighted by Gasteiger charge is 2.16. The lowest BCUT2D eigenvalue weighted by molar-refractivity contribution is -0.117. The van der Waals surface area contributed by atoms with Crippen molar-refractivity contribution in [3.8, 4) is 11.4 Å². The third kappa shape index (κ3) is 4.35. The van der Waals surface area contributed by atoms with Gasteiger partial charge in [-0.3, -0.25) is 10.1 Å². The summed E-state index contributed by atoms with van der Waals surface area (Å²) in [5, 5.41) is 13.9. The van der Waals surface area contributed by atoms with Crippen LogP contribution in [0, 0.1) is 6.92 Å². The molecule has 1 heterocycles. The van der Waals surface area contributed by atoms with Crippen LogP contribution in [0.3, 0.4) is 0 Å². The van der Waals surface area contributed by atoms with Crippen LogP contribution in [0.15, 0.2) is 29.4 Å². The van der Waals surface area contributed by atoms with Crippen molar-refractivity contribution >= 4 is 23.7 Å². The zero-order chi connectivity index (χ0) is 17.5. The maximum atomic E-state index is 11.8. The summed E-state index contributed by atoms with van der Waals surface area (Å²) < 4.78 is 1.96. The summed E-state index contributed by atoms with van der Waals surface area (Å²) in [6.07, 6.45) is 0. The van der Waals surface area contributed by atoms with Gasteiger partial charge < -0.3 is 9.88 Å². The maximum absolute atomic E-state index is 11.8. The first kappa shape index (κ1) is 18.0. The Bertz CT molecular complexity index is 729. The number of urea groups is 1. The van der Waals surface area contributed by atoms with Crippen molar-refractivity contribution in [2.75, 3.05) is 12.3 Å². The molecule has 0 unspecified atom stereocenters. The summed E-state index contributed by atoms with van der Waals surface area (Å²) >= 11 is 1.26. The molecule has 0 saturated heterocycles. The molecule has 0 spiro atoms. The summed E-state index contributed by atoms with van der Waals surface area (Å²) in [4.78, 5) is 23.1. The van der Waals surface area contributed by atoms with E-state index in [2.05, 4.69) is 20.8 Å². The SMILES string of the molecule is CCNC(=O)NC(=O)CSc1nnc(-c2ccccc2C)n1CC. The predicted molar refractivity (Wildman–Crippen MR) is 93.8 cm³/mol. The van der Waals surface area contributed by atoms with Crippen molar-refractivity contribution in [3.05, 3.63) is 29.8 Å². The van der Waals surface area contributed by atoms with E-state index < -0.39 is 6.03 Å². The molecule has 0 aliphatic heterocycles. The monoisotopic (exact) mass is 347 g/mol. The molecule has 7 nitrogen and oxygen atoms in total. The average molecular weight is 347 g/mol. The molecule has 128 valence electrons. The van der Waals surface area contributed by atoms with Crippen LogP contribution in [-0.4, -0.2) is 39.0 Å². The average Bonchev–Trinajstić information content (AvgIpc) is 2.96. The molecule has 0 aliphatic carbocycles. The van der Waals surface area contributed by atoms with Crippen LogP contribution < -0.4 is 10.6 Å². The van der Waals surface area contributed by atoms with E-state index in [9.17, 15) is 9.59 Å². The van der Waals surface area contributed by atoms with Crippen LogP contribution in [0.5, 0.6) is 0 Å². The lowest BCUT2D eigenvalue weighted by atomic mass is 10.1. The van der Waals surface area contributed by atoms with Crippen LogP contribution >= 0.6 is 11.8 Å². The summed E-state index contributed by atoms with van der Waals surface area (Å²) in [7, 11) is 0. The molecular weight excluding hydrogens is 326 g/mol. The largest absolute Gasteiger partial charge is 0.338 e. The van der Waals surface area contributed by atoms with Gasteiger partial charge >= 0.3 is 6.03 Å². The van der Waals surface area contributed by atoms with Gasteiger partial charge in [-0.25, -0.2) is 4.79 Å². The minimum absolute atomic E-state index is 0.100. The topological polar surface area (TPSA) is 88.9 Å². The van der Waals surface area contributed by atoms with Gasteiger partial charge in [0.1, 0.15) is 0 Å². The first-order valence-electron chi connectivity index (χ1n) is 7.76. The van der Waals surface area contributed by atoms with Crippen molar-refractivity contribution in [1.29, 1.82) is 0 Å². The van der Waals surface area contributed by atoms with Gasteiger partial charge in [-0.15, -0.1) is 10.2 Å². The van der Waals surface area contributed by atoms with Crippen LogP contribution in [0.4, 0.5) is 4.79 Å². The Kier molecular flexibility index (Phi) is 6.36. The van der Waals surface area contributed by atoms with Gasteiger partial charge in [-0.1, -0.05) is 36.0 Å². The number of imide groups is 1. The maximum Gasteiger partial charge on any atom is 0.321 e. The molecule has 24 heavy (non-hydrogen) atoms. The fourth-order valence-electron chi connectivity index (χ4n) is 2.20. The Morgan fingerprint density at radius 1 is 1.21 bits per heavy atom. The van der Waals surface area contributed by atoms with Gasteiger partial charge in [-0.05, 0) is 26.3 Å². The lowest BCUT2D eigenvalue weighted by Crippen LogP contribution is -2.40. The molecule has 2 rings (SSSR count). The second-order valence-corrected chi connectivity index (χ2v) is 6.00. The standard InChI is InChI=1S/C16H21N5O2S/c1-4-17-15(23)18-13(22)10-24-16-20-19-14(21(16)5-2)12-9-7-6-8-11(12)3/h6-9H,4-5,10H2,1-3H3,(H2,17,18,22,23). The number of rotatable bonds is 6. The predicted octanol–water partition coefficient (Wildman–Crippen LogP) is 2.21. The number of hydrogen-bond donors (Lipinski definition) is 2. The number of hydrogen-bond acceptors (Lipinski definition) is 5. The molecule has 8 heteroatoms. The van der Waals surface area contributed by atoms with E-state index >= 15 is 0 Å². The quantitative estimate of drug-likeness (QED) is 0.782. The molecule has 0 saturated carbocycles. The van der Waals surface area contributed by atoms with Gasteiger partial charge in [0, 0.05) is 18.7 Å².